The molecule has 1 amide bonds. The number of nitrogens with one attached hydrogen (secondary N) is 2. The van der Waals surface area contributed by atoms with Crippen LogP contribution in [0, 0.1) is 5.92 Å². The fourth-order valence-electron chi connectivity index (χ4n) is 1.57. The van der Waals surface area contributed by atoms with Crippen LogP contribution in [0.15, 0.2) is 12.1 Å². The summed E-state index contributed by atoms with van der Waals surface area (Å²) in [5.41, 5.74) is 0.331. The summed E-state index contributed by atoms with van der Waals surface area (Å²) in [5.74, 6) is 1.19. The van der Waals surface area contributed by atoms with Crippen molar-refractivity contribution in [1.29, 1.82) is 0 Å². The minimum Gasteiger partial charge on any atom is -0.366 e. The number of hydrogen-bond acceptors (Lipinski definition) is 4. The lowest BCUT2D eigenvalue weighted by atomic mass is 10.0. The molecule has 1 heterocycles. The number of carbonyl (C=O) groups is 1. The maximum Gasteiger partial charge on any atom is 0.271 e. The molecule has 0 saturated heterocycles. The van der Waals surface area contributed by atoms with Crippen molar-refractivity contribution in [3.05, 3.63) is 17.8 Å². The van der Waals surface area contributed by atoms with E-state index in [-0.39, 0.29) is 5.91 Å². The van der Waals surface area contributed by atoms with Crippen molar-refractivity contribution in [2.75, 3.05) is 12.4 Å². The predicted molar refractivity (Wildman–Crippen MR) is 72.6 cm³/mol. The third-order valence-corrected chi connectivity index (χ3v) is 2.70. The summed E-state index contributed by atoms with van der Waals surface area (Å²) in [6, 6.07) is 3.81. The van der Waals surface area contributed by atoms with Crippen molar-refractivity contribution in [2.24, 2.45) is 5.92 Å². The van der Waals surface area contributed by atoms with Gasteiger partial charge in [0.2, 0.25) is 0 Å². The average molecular weight is 250 g/mol. The van der Waals surface area contributed by atoms with Gasteiger partial charge in [-0.1, -0.05) is 13.8 Å². The summed E-state index contributed by atoms with van der Waals surface area (Å²) in [6.45, 7) is 6.55. The van der Waals surface area contributed by atoms with Gasteiger partial charge in [-0.25, -0.2) is 0 Å². The molecule has 0 aliphatic heterocycles. The third-order valence-electron chi connectivity index (χ3n) is 2.70. The second kappa shape index (κ2) is 6.93. The zero-order valence-electron chi connectivity index (χ0n) is 11.5. The summed E-state index contributed by atoms with van der Waals surface area (Å²) < 4.78 is 0. The van der Waals surface area contributed by atoms with E-state index < -0.39 is 0 Å². The molecule has 5 nitrogen and oxygen atoms in total. The molecular weight excluding hydrogens is 228 g/mol. The van der Waals surface area contributed by atoms with E-state index in [0.717, 1.165) is 6.42 Å². The number of carbonyl (C=O) groups excluding carboxylic acids is 1. The lowest BCUT2D eigenvalue weighted by molar-refractivity contribution is 0.0957. The molecule has 0 fully saturated rings. The minimum atomic E-state index is -0.220. The van der Waals surface area contributed by atoms with Crippen LogP contribution in [0.25, 0.3) is 0 Å². The van der Waals surface area contributed by atoms with Crippen molar-refractivity contribution in [2.45, 2.75) is 39.7 Å². The highest BCUT2D eigenvalue weighted by Crippen LogP contribution is 2.10. The molecule has 1 rings (SSSR count). The Morgan fingerprint density at radius 3 is 2.44 bits per heavy atom. The van der Waals surface area contributed by atoms with Crippen molar-refractivity contribution in [3.63, 3.8) is 0 Å². The number of amides is 1. The van der Waals surface area contributed by atoms with Gasteiger partial charge in [0.05, 0.1) is 0 Å². The molecular formula is C13H22N4O. The van der Waals surface area contributed by atoms with E-state index in [0.29, 0.717) is 23.5 Å². The van der Waals surface area contributed by atoms with Crippen molar-refractivity contribution < 1.29 is 4.79 Å². The zero-order chi connectivity index (χ0) is 13.5. The van der Waals surface area contributed by atoms with Gasteiger partial charge in [-0.2, -0.15) is 0 Å². The summed E-state index contributed by atoms with van der Waals surface area (Å²) >= 11 is 0. The average Bonchev–Trinajstić information content (AvgIpc) is 2.36. The first kappa shape index (κ1) is 14.4. The van der Waals surface area contributed by atoms with Crippen LogP contribution >= 0.6 is 0 Å². The normalized spacial score (nSPS) is 12.3. The quantitative estimate of drug-likeness (QED) is 0.811. The zero-order valence-corrected chi connectivity index (χ0v) is 11.5. The van der Waals surface area contributed by atoms with Gasteiger partial charge in [0.1, 0.15) is 5.82 Å². The second-order valence-electron chi connectivity index (χ2n) is 4.90. The smallest absolute Gasteiger partial charge is 0.271 e. The first-order valence-electron chi connectivity index (χ1n) is 6.35. The molecule has 5 heteroatoms. The molecule has 18 heavy (non-hydrogen) atoms. The van der Waals surface area contributed by atoms with E-state index in [1.807, 2.05) is 0 Å². The number of aromatic nitrogens is 2. The van der Waals surface area contributed by atoms with E-state index in [1.165, 1.54) is 6.42 Å². The highest BCUT2D eigenvalue weighted by atomic mass is 16.1. The SMILES string of the molecule is CNC(=O)c1ccc(NC(C)CCC(C)C)nn1. The van der Waals surface area contributed by atoms with Gasteiger partial charge in [-0.3, -0.25) is 4.79 Å². The highest BCUT2D eigenvalue weighted by Gasteiger charge is 2.07. The molecule has 0 bridgehead atoms. The van der Waals surface area contributed by atoms with Crippen molar-refractivity contribution in [3.8, 4) is 0 Å². The molecule has 1 atom stereocenters. The summed E-state index contributed by atoms with van der Waals surface area (Å²) in [7, 11) is 1.57. The van der Waals surface area contributed by atoms with Crippen LogP contribution in [-0.4, -0.2) is 29.2 Å². The highest BCUT2D eigenvalue weighted by molar-refractivity contribution is 5.91. The van der Waals surface area contributed by atoms with Crippen molar-refractivity contribution >= 4 is 11.7 Å². The van der Waals surface area contributed by atoms with E-state index in [4.69, 9.17) is 0 Å². The number of nitrogens with zero attached hydrogens (tertiary/aromatic N) is 2. The van der Waals surface area contributed by atoms with Crippen LogP contribution in [0.5, 0.6) is 0 Å². The molecule has 1 aromatic heterocycles. The van der Waals surface area contributed by atoms with Gasteiger partial charge in [-0.05, 0) is 37.8 Å². The van der Waals surface area contributed by atoms with Gasteiger partial charge < -0.3 is 10.6 Å². The summed E-state index contributed by atoms with van der Waals surface area (Å²) in [5, 5.41) is 13.7. The largest absolute Gasteiger partial charge is 0.366 e. The monoisotopic (exact) mass is 250 g/mol. The van der Waals surface area contributed by atoms with E-state index in [1.54, 1.807) is 19.2 Å². The summed E-state index contributed by atoms with van der Waals surface area (Å²) in [6.07, 6.45) is 2.27. The molecule has 1 unspecified atom stereocenters. The number of anilines is 1. The molecule has 0 saturated carbocycles. The Morgan fingerprint density at radius 1 is 1.22 bits per heavy atom. The van der Waals surface area contributed by atoms with Crippen LogP contribution in [0.4, 0.5) is 5.82 Å². The number of rotatable bonds is 6. The van der Waals surface area contributed by atoms with Gasteiger partial charge >= 0.3 is 0 Å². The molecule has 0 spiro atoms. The lowest BCUT2D eigenvalue weighted by Gasteiger charge is -2.15. The summed E-state index contributed by atoms with van der Waals surface area (Å²) in [4.78, 5) is 11.3. The molecule has 2 N–H and O–H groups in total. The molecule has 0 aliphatic carbocycles. The third kappa shape index (κ3) is 4.69. The lowest BCUT2D eigenvalue weighted by Crippen LogP contribution is -2.21. The maximum atomic E-state index is 11.3. The van der Waals surface area contributed by atoms with Crippen LogP contribution in [0.3, 0.4) is 0 Å². The first-order valence-corrected chi connectivity index (χ1v) is 6.35. The van der Waals surface area contributed by atoms with E-state index in [9.17, 15) is 4.79 Å². The Labute approximate surface area is 108 Å². The molecule has 0 aliphatic rings. The fraction of sp³-hybridized carbons (Fsp3) is 0.615. The number of hydrogen-bond donors (Lipinski definition) is 2. The van der Waals surface area contributed by atoms with Crippen molar-refractivity contribution in [1.82, 2.24) is 15.5 Å². The Kier molecular flexibility index (Phi) is 5.55. The first-order chi connectivity index (χ1) is 8.52. The maximum absolute atomic E-state index is 11.3. The Balaban J connectivity index is 2.50. The van der Waals surface area contributed by atoms with E-state index >= 15 is 0 Å². The standard InChI is InChI=1S/C13H22N4O/c1-9(2)5-6-10(3)15-12-8-7-11(16-17-12)13(18)14-4/h7-10H,5-6H2,1-4H3,(H,14,18)(H,15,17). The molecule has 100 valence electrons. The van der Waals surface area contributed by atoms with Crippen LogP contribution < -0.4 is 10.6 Å². The molecule has 1 aromatic rings. The Morgan fingerprint density at radius 2 is 1.94 bits per heavy atom. The Bertz CT molecular complexity index is 375. The van der Waals surface area contributed by atoms with Gasteiger partial charge in [0, 0.05) is 13.1 Å². The second-order valence-corrected chi connectivity index (χ2v) is 4.90. The van der Waals surface area contributed by atoms with Crippen LogP contribution in [0.2, 0.25) is 0 Å². The molecule has 0 aromatic carbocycles. The van der Waals surface area contributed by atoms with Gasteiger partial charge in [-0.15, -0.1) is 10.2 Å². The fourth-order valence-corrected chi connectivity index (χ4v) is 1.57. The minimum absolute atomic E-state index is 0.220. The van der Waals surface area contributed by atoms with Gasteiger partial charge in [0.25, 0.3) is 5.91 Å². The van der Waals surface area contributed by atoms with Crippen LogP contribution in [-0.2, 0) is 0 Å². The molecule has 0 radical (unpaired) electrons. The topological polar surface area (TPSA) is 66.9 Å². The van der Waals surface area contributed by atoms with Crippen LogP contribution in [0.1, 0.15) is 44.1 Å². The predicted octanol–water partition coefficient (Wildman–Crippen LogP) is 2.07. The van der Waals surface area contributed by atoms with Gasteiger partial charge in [0.15, 0.2) is 5.69 Å². The Hall–Kier alpha value is -1.65. The van der Waals surface area contributed by atoms with E-state index in [2.05, 4.69) is 41.6 Å².